The number of halogens is 2. The predicted octanol–water partition coefficient (Wildman–Crippen LogP) is 2.91. The molecular weight excluding hydrogens is 285 g/mol. The van der Waals surface area contributed by atoms with Gasteiger partial charge in [-0.3, -0.25) is 0 Å². The van der Waals surface area contributed by atoms with Crippen molar-refractivity contribution >= 4 is 28.6 Å². The highest BCUT2D eigenvalue weighted by atomic mass is 35.5. The maximum Gasteiger partial charge on any atom is 0.335 e. The Kier molecular flexibility index (Phi) is 2.87. The number of hydrogen-bond acceptors (Lipinski definition) is 3. The van der Waals surface area contributed by atoms with Crippen LogP contribution in [0.4, 0.5) is 4.39 Å². The first-order chi connectivity index (χ1) is 9.56. The number of rotatable bonds is 2. The zero-order valence-electron chi connectivity index (χ0n) is 9.92. The van der Waals surface area contributed by atoms with Crippen molar-refractivity contribution in [1.82, 2.24) is 15.0 Å². The van der Waals surface area contributed by atoms with Gasteiger partial charge in [-0.1, -0.05) is 16.8 Å². The normalized spacial score (nSPS) is 10.9. The van der Waals surface area contributed by atoms with E-state index in [0.29, 0.717) is 16.1 Å². The fraction of sp³-hybridized carbons (Fsp3) is 0. The molecule has 7 heteroatoms. The van der Waals surface area contributed by atoms with Crippen molar-refractivity contribution in [3.05, 3.63) is 52.8 Å². The number of carboxylic acid groups (broad SMARTS) is 1. The molecule has 3 rings (SSSR count). The van der Waals surface area contributed by atoms with Gasteiger partial charge < -0.3 is 5.11 Å². The molecule has 5 nitrogen and oxygen atoms in total. The standard InChI is InChI=1S/C13H7ClFN3O2/c14-8-2-3-9(15)11(6-8)18-12-5-7(13(19)20)1-4-10(12)16-17-18/h1-6H,(H,19,20). The van der Waals surface area contributed by atoms with Crippen LogP contribution in [0.2, 0.25) is 5.02 Å². The molecule has 0 spiro atoms. The van der Waals surface area contributed by atoms with Gasteiger partial charge in [0.25, 0.3) is 0 Å². The fourth-order valence-electron chi connectivity index (χ4n) is 1.88. The van der Waals surface area contributed by atoms with Gasteiger partial charge >= 0.3 is 5.97 Å². The van der Waals surface area contributed by atoms with Crippen LogP contribution >= 0.6 is 11.6 Å². The van der Waals surface area contributed by atoms with Gasteiger partial charge in [-0.05, 0) is 36.4 Å². The summed E-state index contributed by atoms with van der Waals surface area (Å²) in [6.45, 7) is 0. The predicted molar refractivity (Wildman–Crippen MR) is 70.8 cm³/mol. The summed E-state index contributed by atoms with van der Waals surface area (Å²) in [6.07, 6.45) is 0. The smallest absolute Gasteiger partial charge is 0.335 e. The lowest BCUT2D eigenvalue weighted by molar-refractivity contribution is 0.0697. The highest BCUT2D eigenvalue weighted by molar-refractivity contribution is 6.30. The molecule has 0 aliphatic heterocycles. The van der Waals surface area contributed by atoms with Crippen LogP contribution in [0.3, 0.4) is 0 Å². The van der Waals surface area contributed by atoms with Crippen molar-refractivity contribution in [3.8, 4) is 5.69 Å². The molecule has 20 heavy (non-hydrogen) atoms. The molecule has 3 aromatic rings. The van der Waals surface area contributed by atoms with Crippen LogP contribution < -0.4 is 0 Å². The number of carbonyl (C=O) groups is 1. The van der Waals surface area contributed by atoms with Gasteiger partial charge in [0.15, 0.2) is 0 Å². The molecule has 2 aromatic carbocycles. The quantitative estimate of drug-likeness (QED) is 0.788. The Morgan fingerprint density at radius 1 is 1.25 bits per heavy atom. The SMILES string of the molecule is O=C(O)c1ccc2nnn(-c3cc(Cl)ccc3F)c2c1. The van der Waals surface area contributed by atoms with Crippen molar-refractivity contribution in [3.63, 3.8) is 0 Å². The van der Waals surface area contributed by atoms with E-state index in [4.69, 9.17) is 16.7 Å². The molecule has 0 saturated carbocycles. The summed E-state index contributed by atoms with van der Waals surface area (Å²) in [5.41, 5.74) is 1.05. The second-order valence-electron chi connectivity index (χ2n) is 4.11. The highest BCUT2D eigenvalue weighted by Gasteiger charge is 2.13. The molecule has 100 valence electrons. The fourth-order valence-corrected chi connectivity index (χ4v) is 2.04. The number of nitrogens with zero attached hydrogens (tertiary/aromatic N) is 3. The van der Waals surface area contributed by atoms with Crippen molar-refractivity contribution in [2.75, 3.05) is 0 Å². The minimum atomic E-state index is -1.08. The third kappa shape index (κ3) is 2.00. The summed E-state index contributed by atoms with van der Waals surface area (Å²) in [6, 6.07) is 8.35. The van der Waals surface area contributed by atoms with Gasteiger partial charge in [-0.25, -0.2) is 13.9 Å². The molecule has 0 amide bonds. The first-order valence-corrected chi connectivity index (χ1v) is 5.98. The van der Waals surface area contributed by atoms with E-state index in [1.807, 2.05) is 0 Å². The van der Waals surface area contributed by atoms with Gasteiger partial charge in [0.05, 0.1) is 11.1 Å². The van der Waals surface area contributed by atoms with E-state index < -0.39 is 11.8 Å². The minimum absolute atomic E-state index is 0.0727. The third-order valence-electron chi connectivity index (χ3n) is 2.83. The molecule has 0 unspecified atom stereocenters. The number of carboxylic acids is 1. The topological polar surface area (TPSA) is 68.0 Å². The third-order valence-corrected chi connectivity index (χ3v) is 3.06. The van der Waals surface area contributed by atoms with Gasteiger partial charge in [-0.15, -0.1) is 5.10 Å². The first-order valence-electron chi connectivity index (χ1n) is 5.60. The van der Waals surface area contributed by atoms with Crippen LogP contribution in [0, 0.1) is 5.82 Å². The molecule has 0 aliphatic rings. The molecule has 0 radical (unpaired) electrons. The van der Waals surface area contributed by atoms with E-state index in [0.717, 1.165) is 0 Å². The largest absolute Gasteiger partial charge is 0.478 e. The van der Waals surface area contributed by atoms with Crippen LogP contribution in [0.15, 0.2) is 36.4 Å². The van der Waals surface area contributed by atoms with E-state index in [9.17, 15) is 9.18 Å². The Labute approximate surface area is 117 Å². The molecule has 0 atom stereocenters. The Morgan fingerprint density at radius 3 is 2.80 bits per heavy atom. The van der Waals surface area contributed by atoms with Crippen molar-refractivity contribution < 1.29 is 14.3 Å². The van der Waals surface area contributed by atoms with Crippen LogP contribution in [0.1, 0.15) is 10.4 Å². The average Bonchev–Trinajstić information content (AvgIpc) is 2.84. The summed E-state index contributed by atoms with van der Waals surface area (Å²) in [7, 11) is 0. The van der Waals surface area contributed by atoms with E-state index in [2.05, 4.69) is 10.3 Å². The maximum atomic E-state index is 13.9. The van der Waals surface area contributed by atoms with Gasteiger partial charge in [0.2, 0.25) is 0 Å². The zero-order valence-corrected chi connectivity index (χ0v) is 10.7. The van der Waals surface area contributed by atoms with E-state index >= 15 is 0 Å². The van der Waals surface area contributed by atoms with E-state index in [1.165, 1.54) is 41.1 Å². The second-order valence-corrected chi connectivity index (χ2v) is 4.54. The average molecular weight is 292 g/mol. The molecule has 1 aromatic heterocycles. The van der Waals surface area contributed by atoms with Crippen LogP contribution in [-0.4, -0.2) is 26.1 Å². The summed E-state index contributed by atoms with van der Waals surface area (Å²) in [4.78, 5) is 11.0. The molecule has 0 bridgehead atoms. The summed E-state index contributed by atoms with van der Waals surface area (Å²) >= 11 is 5.84. The lowest BCUT2D eigenvalue weighted by Crippen LogP contribution is -2.01. The number of aromatic nitrogens is 3. The van der Waals surface area contributed by atoms with Crippen LogP contribution in [-0.2, 0) is 0 Å². The molecule has 1 heterocycles. The van der Waals surface area contributed by atoms with Crippen LogP contribution in [0.25, 0.3) is 16.7 Å². The van der Waals surface area contributed by atoms with Gasteiger partial charge in [-0.2, -0.15) is 0 Å². The monoisotopic (exact) mass is 291 g/mol. The number of aromatic carboxylic acids is 1. The Morgan fingerprint density at radius 2 is 2.05 bits per heavy atom. The Bertz CT molecular complexity index is 832. The molecule has 1 N–H and O–H groups in total. The molecule has 0 saturated heterocycles. The highest BCUT2D eigenvalue weighted by Crippen LogP contribution is 2.22. The van der Waals surface area contributed by atoms with Crippen molar-refractivity contribution in [1.29, 1.82) is 0 Å². The minimum Gasteiger partial charge on any atom is -0.478 e. The first kappa shape index (κ1) is 12.6. The van der Waals surface area contributed by atoms with Gasteiger partial charge in [0, 0.05) is 5.02 Å². The van der Waals surface area contributed by atoms with Gasteiger partial charge in [0.1, 0.15) is 17.0 Å². The molecule has 0 aliphatic carbocycles. The summed E-state index contributed by atoms with van der Waals surface area (Å²) < 4.78 is 15.1. The summed E-state index contributed by atoms with van der Waals surface area (Å²) in [5.74, 6) is -1.60. The summed E-state index contributed by atoms with van der Waals surface area (Å²) in [5, 5.41) is 17.1. The van der Waals surface area contributed by atoms with Crippen molar-refractivity contribution in [2.45, 2.75) is 0 Å². The Balaban J connectivity index is 2.28. The Hall–Kier alpha value is -2.47. The second kappa shape index (κ2) is 4.57. The van der Waals surface area contributed by atoms with E-state index in [-0.39, 0.29) is 11.3 Å². The number of hydrogen-bond donors (Lipinski definition) is 1. The number of fused-ring (bicyclic) bond motifs is 1. The lowest BCUT2D eigenvalue weighted by atomic mass is 10.2. The van der Waals surface area contributed by atoms with Crippen LogP contribution in [0.5, 0.6) is 0 Å². The number of benzene rings is 2. The molecule has 0 fully saturated rings. The van der Waals surface area contributed by atoms with E-state index in [1.54, 1.807) is 0 Å². The molecular formula is C13H7ClFN3O2. The van der Waals surface area contributed by atoms with Crippen molar-refractivity contribution in [2.24, 2.45) is 0 Å². The lowest BCUT2D eigenvalue weighted by Gasteiger charge is -2.04. The maximum absolute atomic E-state index is 13.9. The zero-order chi connectivity index (χ0) is 14.3.